The van der Waals surface area contributed by atoms with Gasteiger partial charge in [0, 0.05) is 6.54 Å². The van der Waals surface area contributed by atoms with Gasteiger partial charge in [0.15, 0.2) is 11.5 Å². The van der Waals surface area contributed by atoms with Crippen LogP contribution in [0, 0.1) is 11.3 Å². The molecule has 138 valence electrons. The Morgan fingerprint density at radius 3 is 2.61 bits per heavy atom. The van der Waals surface area contributed by atoms with E-state index in [2.05, 4.69) is 5.32 Å². The molecule has 5 heteroatoms. The number of nitrogens with one attached hydrogen (secondary N) is 1. The summed E-state index contributed by atoms with van der Waals surface area (Å²) in [5, 5.41) is 33.0. The molecular weight excluding hydrogens is 352 g/mol. The van der Waals surface area contributed by atoms with Crippen molar-refractivity contribution in [1.82, 2.24) is 5.32 Å². The molecule has 0 bridgehead atoms. The average Bonchev–Trinajstić information content (AvgIpc) is 2.72. The molecule has 0 saturated heterocycles. The third kappa shape index (κ3) is 4.37. The van der Waals surface area contributed by atoms with Crippen LogP contribution in [-0.2, 0) is 11.3 Å². The Kier molecular flexibility index (Phi) is 5.73. The molecule has 3 aromatic rings. The largest absolute Gasteiger partial charge is 0.504 e. The van der Waals surface area contributed by atoms with Gasteiger partial charge in [-0.05, 0) is 40.1 Å². The fraction of sp³-hybridized carbons (Fsp3) is 0.0435. The molecule has 0 unspecified atom stereocenters. The van der Waals surface area contributed by atoms with E-state index in [0.717, 1.165) is 16.3 Å². The average molecular weight is 370 g/mol. The fourth-order valence-electron chi connectivity index (χ4n) is 2.78. The van der Waals surface area contributed by atoms with Gasteiger partial charge in [-0.15, -0.1) is 0 Å². The van der Waals surface area contributed by atoms with Crippen LogP contribution < -0.4 is 5.32 Å². The first-order valence-electron chi connectivity index (χ1n) is 8.64. The van der Waals surface area contributed by atoms with E-state index in [4.69, 9.17) is 0 Å². The maximum Gasteiger partial charge on any atom is 0.262 e. The van der Waals surface area contributed by atoms with Crippen LogP contribution in [0.4, 0.5) is 0 Å². The molecule has 0 radical (unpaired) electrons. The minimum Gasteiger partial charge on any atom is -0.504 e. The number of hydrogen-bond donors (Lipinski definition) is 3. The molecule has 0 heterocycles. The molecule has 0 aliphatic heterocycles. The first-order chi connectivity index (χ1) is 13.6. The first-order valence-corrected chi connectivity index (χ1v) is 8.64. The normalized spacial score (nSPS) is 11.5. The van der Waals surface area contributed by atoms with Crippen molar-refractivity contribution in [3.63, 3.8) is 0 Å². The summed E-state index contributed by atoms with van der Waals surface area (Å²) in [6, 6.07) is 20.0. The highest BCUT2D eigenvalue weighted by Gasteiger charge is 2.08. The second kappa shape index (κ2) is 8.56. The van der Waals surface area contributed by atoms with Crippen molar-refractivity contribution in [2.24, 2.45) is 0 Å². The molecule has 28 heavy (non-hydrogen) atoms. The van der Waals surface area contributed by atoms with Crippen LogP contribution in [0.25, 0.3) is 16.8 Å². The number of nitriles is 1. The van der Waals surface area contributed by atoms with Crippen molar-refractivity contribution in [2.75, 3.05) is 0 Å². The highest BCUT2D eigenvalue weighted by atomic mass is 16.3. The SMILES string of the molecule is N#C/C(=C\C=C\c1ccc(O)c(O)c1)C(=O)NCc1cccc2ccccc12. The quantitative estimate of drug-likeness (QED) is 0.274. The van der Waals surface area contributed by atoms with Gasteiger partial charge >= 0.3 is 0 Å². The number of aromatic hydroxyl groups is 2. The zero-order chi connectivity index (χ0) is 19.9. The number of carbonyl (C=O) groups is 1. The lowest BCUT2D eigenvalue weighted by molar-refractivity contribution is -0.117. The predicted octanol–water partition coefficient (Wildman–Crippen LogP) is 4.03. The first kappa shape index (κ1) is 18.7. The monoisotopic (exact) mass is 370 g/mol. The Labute approximate surface area is 162 Å². The summed E-state index contributed by atoms with van der Waals surface area (Å²) in [6.45, 7) is 0.314. The molecule has 3 aromatic carbocycles. The molecule has 0 aliphatic carbocycles. The Morgan fingerprint density at radius 2 is 1.82 bits per heavy atom. The summed E-state index contributed by atoms with van der Waals surface area (Å²) in [7, 11) is 0. The molecule has 0 aliphatic rings. The maximum absolute atomic E-state index is 12.3. The van der Waals surface area contributed by atoms with E-state index in [1.54, 1.807) is 18.2 Å². The van der Waals surface area contributed by atoms with Gasteiger partial charge in [0.25, 0.3) is 5.91 Å². The Bertz CT molecular complexity index is 1120. The minimum absolute atomic E-state index is 0.0283. The Hall–Kier alpha value is -4.04. The fourth-order valence-corrected chi connectivity index (χ4v) is 2.78. The van der Waals surface area contributed by atoms with E-state index in [0.29, 0.717) is 12.1 Å². The van der Waals surface area contributed by atoms with Gasteiger partial charge < -0.3 is 15.5 Å². The van der Waals surface area contributed by atoms with Crippen LogP contribution in [-0.4, -0.2) is 16.1 Å². The van der Waals surface area contributed by atoms with E-state index >= 15 is 0 Å². The summed E-state index contributed by atoms with van der Waals surface area (Å²) in [5.41, 5.74) is 1.57. The number of phenols is 2. The zero-order valence-corrected chi connectivity index (χ0v) is 15.0. The molecule has 0 fully saturated rings. The third-order valence-electron chi connectivity index (χ3n) is 4.24. The van der Waals surface area contributed by atoms with Gasteiger partial charge in [-0.1, -0.05) is 60.7 Å². The topological polar surface area (TPSA) is 93.3 Å². The van der Waals surface area contributed by atoms with Crippen LogP contribution >= 0.6 is 0 Å². The van der Waals surface area contributed by atoms with E-state index in [9.17, 15) is 20.3 Å². The van der Waals surface area contributed by atoms with Gasteiger partial charge in [-0.2, -0.15) is 5.26 Å². The van der Waals surface area contributed by atoms with Crippen molar-refractivity contribution in [3.05, 3.63) is 89.5 Å². The summed E-state index contributed by atoms with van der Waals surface area (Å²) < 4.78 is 0. The molecular formula is C23H18N2O3. The summed E-state index contributed by atoms with van der Waals surface area (Å²) >= 11 is 0. The minimum atomic E-state index is -0.464. The second-order valence-electron chi connectivity index (χ2n) is 6.12. The standard InChI is InChI=1S/C23H18N2O3/c24-14-18(8-3-5-16-11-12-21(26)22(27)13-16)23(28)25-15-19-9-4-7-17-6-1-2-10-20(17)19/h1-13,26-27H,15H2,(H,25,28)/b5-3+,18-8+. The number of rotatable bonds is 5. The molecule has 3 N–H and O–H groups in total. The highest BCUT2D eigenvalue weighted by molar-refractivity contribution is 5.98. The van der Waals surface area contributed by atoms with Crippen molar-refractivity contribution < 1.29 is 15.0 Å². The molecule has 1 amide bonds. The van der Waals surface area contributed by atoms with E-state index in [1.165, 1.54) is 18.2 Å². The third-order valence-corrected chi connectivity index (χ3v) is 4.24. The predicted molar refractivity (Wildman–Crippen MR) is 108 cm³/mol. The molecule has 5 nitrogen and oxygen atoms in total. The molecule has 3 rings (SSSR count). The van der Waals surface area contributed by atoms with Gasteiger partial charge in [0.1, 0.15) is 11.6 Å². The lowest BCUT2D eigenvalue weighted by Gasteiger charge is -2.08. The number of carbonyl (C=O) groups excluding carboxylic acids is 1. The molecule has 0 aromatic heterocycles. The van der Waals surface area contributed by atoms with Crippen LogP contribution in [0.5, 0.6) is 11.5 Å². The Balaban J connectivity index is 1.69. The number of phenolic OH excluding ortho intramolecular Hbond substituents is 2. The molecule has 0 spiro atoms. The summed E-state index contributed by atoms with van der Waals surface area (Å²) in [5.74, 6) is -0.911. The lowest BCUT2D eigenvalue weighted by Crippen LogP contribution is -2.24. The van der Waals surface area contributed by atoms with Crippen LogP contribution in [0.2, 0.25) is 0 Å². The Morgan fingerprint density at radius 1 is 1.04 bits per heavy atom. The maximum atomic E-state index is 12.3. The smallest absolute Gasteiger partial charge is 0.262 e. The summed E-state index contributed by atoms with van der Waals surface area (Å²) in [6.07, 6.45) is 4.57. The zero-order valence-electron chi connectivity index (χ0n) is 15.0. The van der Waals surface area contributed by atoms with Gasteiger partial charge in [-0.25, -0.2) is 0 Å². The second-order valence-corrected chi connectivity index (χ2v) is 6.12. The number of amides is 1. The van der Waals surface area contributed by atoms with Crippen molar-refractivity contribution in [1.29, 1.82) is 5.26 Å². The van der Waals surface area contributed by atoms with Crippen molar-refractivity contribution >= 4 is 22.8 Å². The number of allylic oxidation sites excluding steroid dienone is 2. The molecule has 0 atom stereocenters. The number of fused-ring (bicyclic) bond motifs is 1. The van der Waals surface area contributed by atoms with Crippen LogP contribution in [0.15, 0.2) is 78.4 Å². The van der Waals surface area contributed by atoms with Gasteiger partial charge in [-0.3, -0.25) is 4.79 Å². The summed E-state index contributed by atoms with van der Waals surface area (Å²) in [4.78, 5) is 12.3. The highest BCUT2D eigenvalue weighted by Crippen LogP contribution is 2.25. The molecule has 0 saturated carbocycles. The van der Waals surface area contributed by atoms with Crippen molar-refractivity contribution in [2.45, 2.75) is 6.54 Å². The lowest BCUT2D eigenvalue weighted by atomic mass is 10.0. The van der Waals surface area contributed by atoms with Crippen LogP contribution in [0.1, 0.15) is 11.1 Å². The van der Waals surface area contributed by atoms with E-state index < -0.39 is 5.91 Å². The van der Waals surface area contributed by atoms with Gasteiger partial charge in [0.2, 0.25) is 0 Å². The van der Waals surface area contributed by atoms with E-state index in [1.807, 2.05) is 48.5 Å². The number of nitrogens with zero attached hydrogens (tertiary/aromatic N) is 1. The number of hydrogen-bond acceptors (Lipinski definition) is 4. The van der Waals surface area contributed by atoms with E-state index in [-0.39, 0.29) is 17.1 Å². The van der Waals surface area contributed by atoms with Gasteiger partial charge in [0.05, 0.1) is 0 Å². The number of benzene rings is 3. The van der Waals surface area contributed by atoms with Crippen LogP contribution in [0.3, 0.4) is 0 Å². The van der Waals surface area contributed by atoms with Crippen molar-refractivity contribution in [3.8, 4) is 17.6 Å².